The lowest BCUT2D eigenvalue weighted by Gasteiger charge is -2.39. The first-order valence-corrected chi connectivity index (χ1v) is 9.91. The van der Waals surface area contributed by atoms with Crippen LogP contribution in [0.3, 0.4) is 0 Å². The van der Waals surface area contributed by atoms with Gasteiger partial charge in [0.15, 0.2) is 6.29 Å². The predicted octanol–water partition coefficient (Wildman–Crippen LogP) is 4.65. The summed E-state index contributed by atoms with van der Waals surface area (Å²) in [6.45, 7) is 8.59. The van der Waals surface area contributed by atoms with E-state index in [2.05, 4.69) is 4.90 Å². The number of rotatable bonds is 4. The highest BCUT2D eigenvalue weighted by atomic mass is 19.4. The van der Waals surface area contributed by atoms with E-state index in [-0.39, 0.29) is 0 Å². The Morgan fingerprint density at radius 3 is 2.55 bits per heavy atom. The Morgan fingerprint density at radius 2 is 1.84 bits per heavy atom. The number of ether oxygens (including phenoxy) is 1. The molecule has 0 amide bonds. The lowest BCUT2D eigenvalue weighted by molar-refractivity contribution is -0.137. The lowest BCUT2D eigenvalue weighted by Crippen LogP contribution is -2.43. The fourth-order valence-electron chi connectivity index (χ4n) is 3.82. The van der Waals surface area contributed by atoms with Crippen molar-refractivity contribution in [1.82, 2.24) is 4.90 Å². The van der Waals surface area contributed by atoms with Gasteiger partial charge in [-0.3, -0.25) is 4.79 Å². The molecule has 1 saturated heterocycles. The summed E-state index contributed by atoms with van der Waals surface area (Å²) < 4.78 is 45.3. The molecule has 0 N–H and O–H groups in total. The fraction of sp³-hybridized carbons (Fsp3) is 0.250. The molecule has 160 valence electrons. The first-order chi connectivity index (χ1) is 14.9. The van der Waals surface area contributed by atoms with Gasteiger partial charge < -0.3 is 14.5 Å². The zero-order chi connectivity index (χ0) is 22.0. The molecule has 2 aromatic carbocycles. The average molecular weight is 426 g/mol. The summed E-state index contributed by atoms with van der Waals surface area (Å²) in [7, 11) is 0. The highest BCUT2D eigenvalue weighted by Crippen LogP contribution is 2.35. The summed E-state index contributed by atoms with van der Waals surface area (Å²) in [5.74, 6) is 0.763. The Hall–Kier alpha value is -3.06. The zero-order valence-electron chi connectivity index (χ0n) is 16.7. The highest BCUT2D eigenvalue weighted by Gasteiger charge is 2.32. The molecule has 0 spiro atoms. The number of carbonyl (C=O) groups excluding carboxylic acids is 1. The SMILES string of the molecule is [CH]c1ccc(C=O)c(C2=CCN(c3cccc(C(F)(F)F)c3)C(N3CCOCC3)=C2)c1. The van der Waals surface area contributed by atoms with E-state index >= 15 is 0 Å². The molecule has 2 aliphatic rings. The van der Waals surface area contributed by atoms with Crippen LogP contribution in [0, 0.1) is 6.92 Å². The minimum absolute atomic E-state index is 0.354. The van der Waals surface area contributed by atoms with Crippen molar-refractivity contribution < 1.29 is 22.7 Å². The number of nitrogens with zero attached hydrogens (tertiary/aromatic N) is 2. The molecule has 4 nitrogen and oxygen atoms in total. The number of hydrogen-bond acceptors (Lipinski definition) is 4. The van der Waals surface area contributed by atoms with Crippen molar-refractivity contribution in [1.29, 1.82) is 0 Å². The molecule has 4 rings (SSSR count). The van der Waals surface area contributed by atoms with Crippen LogP contribution in [0.5, 0.6) is 0 Å². The summed E-state index contributed by atoms with van der Waals surface area (Å²) >= 11 is 0. The van der Waals surface area contributed by atoms with E-state index in [0.717, 1.165) is 29.8 Å². The monoisotopic (exact) mass is 426 g/mol. The minimum atomic E-state index is -4.42. The van der Waals surface area contributed by atoms with E-state index in [0.29, 0.717) is 55.2 Å². The number of hydrogen-bond donors (Lipinski definition) is 0. The summed E-state index contributed by atoms with van der Waals surface area (Å²) in [4.78, 5) is 15.5. The molecule has 31 heavy (non-hydrogen) atoms. The van der Waals surface area contributed by atoms with Crippen molar-refractivity contribution >= 4 is 17.5 Å². The first-order valence-electron chi connectivity index (χ1n) is 9.91. The van der Waals surface area contributed by atoms with Gasteiger partial charge in [0.2, 0.25) is 0 Å². The zero-order valence-corrected chi connectivity index (χ0v) is 16.7. The number of alkyl halides is 3. The number of allylic oxidation sites excluding steroid dienone is 2. The van der Waals surface area contributed by atoms with Crippen LogP contribution in [0.1, 0.15) is 27.0 Å². The van der Waals surface area contributed by atoms with Gasteiger partial charge in [0.25, 0.3) is 0 Å². The van der Waals surface area contributed by atoms with Gasteiger partial charge in [0.1, 0.15) is 5.82 Å². The molecular formula is C24H21F3N2O2. The van der Waals surface area contributed by atoms with E-state index in [1.165, 1.54) is 6.07 Å². The Balaban J connectivity index is 1.76. The van der Waals surface area contributed by atoms with Crippen LogP contribution in [0.15, 0.2) is 60.4 Å². The predicted molar refractivity (Wildman–Crippen MR) is 112 cm³/mol. The van der Waals surface area contributed by atoms with Crippen LogP contribution in [-0.4, -0.2) is 44.0 Å². The standard InChI is InChI=1S/C24H21F3N2O2/c1-17-5-6-19(16-30)22(13-17)18-7-8-29(23(14-18)28-9-11-31-12-10-28)21-4-2-3-20(15-21)24(25,26)27/h1-7,13-16H,8-12H2. The topological polar surface area (TPSA) is 32.8 Å². The second-order valence-corrected chi connectivity index (χ2v) is 7.38. The van der Waals surface area contributed by atoms with E-state index in [4.69, 9.17) is 11.7 Å². The number of anilines is 1. The number of carbonyl (C=O) groups is 1. The number of aldehydes is 1. The van der Waals surface area contributed by atoms with Gasteiger partial charge in [-0.15, -0.1) is 0 Å². The number of morpholine rings is 1. The van der Waals surface area contributed by atoms with Crippen LogP contribution in [0.4, 0.5) is 18.9 Å². The van der Waals surface area contributed by atoms with Crippen molar-refractivity contribution in [2.75, 3.05) is 37.7 Å². The first kappa shape index (κ1) is 21.2. The third-order valence-electron chi connectivity index (χ3n) is 5.39. The van der Waals surface area contributed by atoms with Crippen LogP contribution < -0.4 is 4.90 Å². The summed E-state index contributed by atoms with van der Waals surface area (Å²) in [6, 6.07) is 10.4. The second kappa shape index (κ2) is 8.59. The molecule has 7 heteroatoms. The van der Waals surface area contributed by atoms with Crippen LogP contribution in [0.2, 0.25) is 0 Å². The maximum atomic E-state index is 13.3. The Bertz CT molecular complexity index is 1040. The van der Waals surface area contributed by atoms with E-state index < -0.39 is 11.7 Å². The molecule has 0 aromatic heterocycles. The lowest BCUT2D eigenvalue weighted by atomic mass is 9.95. The molecule has 2 heterocycles. The Morgan fingerprint density at radius 1 is 1.06 bits per heavy atom. The van der Waals surface area contributed by atoms with Gasteiger partial charge in [-0.1, -0.05) is 30.3 Å². The van der Waals surface area contributed by atoms with Gasteiger partial charge in [-0.05, 0) is 47.9 Å². The summed E-state index contributed by atoms with van der Waals surface area (Å²) in [5.41, 5.74) is 2.29. The molecule has 0 saturated carbocycles. The van der Waals surface area contributed by atoms with Crippen LogP contribution in [0.25, 0.3) is 5.57 Å². The normalized spacial score (nSPS) is 17.3. The van der Waals surface area contributed by atoms with E-state index in [1.807, 2.05) is 17.1 Å². The maximum Gasteiger partial charge on any atom is 0.416 e. The van der Waals surface area contributed by atoms with E-state index in [9.17, 15) is 18.0 Å². The smallest absolute Gasteiger partial charge is 0.378 e. The van der Waals surface area contributed by atoms with Crippen molar-refractivity contribution in [2.24, 2.45) is 0 Å². The van der Waals surface area contributed by atoms with Crippen molar-refractivity contribution in [3.8, 4) is 0 Å². The van der Waals surface area contributed by atoms with Crippen LogP contribution in [-0.2, 0) is 10.9 Å². The molecule has 0 atom stereocenters. The van der Waals surface area contributed by atoms with Crippen molar-refractivity contribution in [2.45, 2.75) is 6.18 Å². The third kappa shape index (κ3) is 4.51. The molecule has 2 aromatic rings. The Labute approximate surface area is 179 Å². The summed E-state index contributed by atoms with van der Waals surface area (Å²) in [6.07, 6.45) is 0.149. The van der Waals surface area contributed by atoms with Gasteiger partial charge >= 0.3 is 6.18 Å². The molecule has 2 aliphatic heterocycles. The quantitative estimate of drug-likeness (QED) is 0.666. The second-order valence-electron chi connectivity index (χ2n) is 7.38. The molecule has 2 radical (unpaired) electrons. The van der Waals surface area contributed by atoms with Crippen molar-refractivity contribution in [3.05, 3.63) is 89.6 Å². The van der Waals surface area contributed by atoms with Gasteiger partial charge in [-0.2, -0.15) is 13.2 Å². The molecule has 1 fully saturated rings. The number of halogens is 3. The molecule has 0 aliphatic carbocycles. The highest BCUT2D eigenvalue weighted by molar-refractivity contribution is 5.90. The molecular weight excluding hydrogens is 405 g/mol. The maximum absolute atomic E-state index is 13.3. The fourth-order valence-corrected chi connectivity index (χ4v) is 3.82. The third-order valence-corrected chi connectivity index (χ3v) is 5.39. The molecule has 0 unspecified atom stereocenters. The molecule has 0 bridgehead atoms. The minimum Gasteiger partial charge on any atom is -0.378 e. The largest absolute Gasteiger partial charge is 0.416 e. The van der Waals surface area contributed by atoms with Gasteiger partial charge in [-0.25, -0.2) is 0 Å². The van der Waals surface area contributed by atoms with Crippen LogP contribution >= 0.6 is 0 Å². The number of benzene rings is 2. The Kier molecular flexibility index (Phi) is 5.87. The van der Waals surface area contributed by atoms with Gasteiger partial charge in [0, 0.05) is 30.9 Å². The van der Waals surface area contributed by atoms with Crippen molar-refractivity contribution in [3.63, 3.8) is 0 Å². The average Bonchev–Trinajstić information content (AvgIpc) is 2.79. The van der Waals surface area contributed by atoms with E-state index in [1.54, 1.807) is 24.3 Å². The summed E-state index contributed by atoms with van der Waals surface area (Å²) in [5, 5.41) is 0. The van der Waals surface area contributed by atoms with Gasteiger partial charge in [0.05, 0.1) is 18.8 Å².